The van der Waals surface area contributed by atoms with E-state index in [1.807, 2.05) is 49.9 Å². The van der Waals surface area contributed by atoms with Crippen LogP contribution in [-0.2, 0) is 30.0 Å². The summed E-state index contributed by atoms with van der Waals surface area (Å²) in [6.07, 6.45) is 1.52. The lowest BCUT2D eigenvalue weighted by molar-refractivity contribution is -0.128. The third kappa shape index (κ3) is 3.25. The fourth-order valence-corrected chi connectivity index (χ4v) is 8.06. The Morgan fingerprint density at radius 1 is 1.00 bits per heavy atom. The van der Waals surface area contributed by atoms with E-state index in [2.05, 4.69) is 39.0 Å². The number of amides is 1. The number of fused-ring (bicyclic) bond motifs is 2. The Bertz CT molecular complexity index is 1580. The van der Waals surface area contributed by atoms with Crippen LogP contribution < -0.4 is 10.6 Å². The van der Waals surface area contributed by atoms with Crippen LogP contribution in [0.4, 0.5) is 5.69 Å². The van der Waals surface area contributed by atoms with Crippen molar-refractivity contribution in [2.45, 2.75) is 90.5 Å². The van der Waals surface area contributed by atoms with Crippen LogP contribution >= 0.6 is 0 Å². The first kappa shape index (κ1) is 26.5. The second-order valence-corrected chi connectivity index (χ2v) is 13.6. The summed E-state index contributed by atoms with van der Waals surface area (Å²) in [7, 11) is 0. The number of ether oxygens (including phenoxy) is 1. The number of carbonyl (C=O) groups excluding carboxylic acids is 3. The summed E-state index contributed by atoms with van der Waals surface area (Å²) >= 11 is 0. The molecule has 208 valence electrons. The number of anilines is 1. The molecule has 0 saturated carbocycles. The normalized spacial score (nSPS) is 28.0. The number of rotatable bonds is 3. The van der Waals surface area contributed by atoms with Crippen LogP contribution in [0.3, 0.4) is 0 Å². The zero-order valence-corrected chi connectivity index (χ0v) is 24.5. The Morgan fingerprint density at radius 3 is 2.30 bits per heavy atom. The molecule has 6 nitrogen and oxygen atoms in total. The second kappa shape index (κ2) is 8.18. The molecule has 2 N–H and O–H groups in total. The Labute approximate surface area is 236 Å². The van der Waals surface area contributed by atoms with E-state index in [4.69, 9.17) is 10.5 Å². The largest absolute Gasteiger partial charge is 0.445 e. The third-order valence-electron chi connectivity index (χ3n) is 9.47. The Balaban J connectivity index is 1.77. The Hall–Kier alpha value is -3.67. The lowest BCUT2D eigenvalue weighted by atomic mass is 9.60. The first-order valence-corrected chi connectivity index (χ1v) is 14.2. The van der Waals surface area contributed by atoms with Crippen molar-refractivity contribution >= 4 is 23.2 Å². The monoisotopic (exact) mass is 538 g/mol. The van der Waals surface area contributed by atoms with Gasteiger partial charge in [0.25, 0.3) is 0 Å². The van der Waals surface area contributed by atoms with E-state index in [0.29, 0.717) is 29.7 Å². The molecule has 0 aromatic heterocycles. The quantitative estimate of drug-likeness (QED) is 0.526. The summed E-state index contributed by atoms with van der Waals surface area (Å²) in [5, 5.41) is 0. The highest BCUT2D eigenvalue weighted by molar-refractivity contribution is 6.25. The number of nitrogens with two attached hydrogens (primary N) is 1. The predicted molar refractivity (Wildman–Crippen MR) is 155 cm³/mol. The minimum atomic E-state index is -1.63. The highest BCUT2D eigenvalue weighted by Gasteiger charge is 2.67. The molecular formula is C34H38N2O4. The van der Waals surface area contributed by atoms with Gasteiger partial charge in [0, 0.05) is 35.8 Å². The number of ketones is 2. The molecular weight excluding hydrogens is 500 g/mol. The number of aryl methyl sites for hydroxylation is 1. The molecule has 2 atom stereocenters. The van der Waals surface area contributed by atoms with Gasteiger partial charge in [-0.25, -0.2) is 0 Å². The number of hydrogen-bond acceptors (Lipinski definition) is 5. The predicted octanol–water partition coefficient (Wildman–Crippen LogP) is 5.89. The van der Waals surface area contributed by atoms with Gasteiger partial charge < -0.3 is 15.4 Å². The van der Waals surface area contributed by atoms with Gasteiger partial charge in [-0.3, -0.25) is 14.4 Å². The molecule has 1 spiro atoms. The number of benzene rings is 2. The molecule has 3 aliphatic heterocycles. The molecule has 6 heteroatoms. The molecule has 40 heavy (non-hydrogen) atoms. The molecule has 0 saturated heterocycles. The van der Waals surface area contributed by atoms with Crippen LogP contribution in [0.15, 0.2) is 65.3 Å². The topological polar surface area (TPSA) is 89.7 Å². The Kier molecular flexibility index (Phi) is 5.43. The van der Waals surface area contributed by atoms with Crippen molar-refractivity contribution in [3.05, 3.63) is 87.5 Å². The van der Waals surface area contributed by atoms with Crippen LogP contribution in [0.2, 0.25) is 0 Å². The number of allylic oxidation sites excluding steroid dienone is 1. The number of nitrogens with zero attached hydrogens (tertiary/aromatic N) is 1. The molecule has 4 aliphatic rings. The van der Waals surface area contributed by atoms with Crippen molar-refractivity contribution in [1.29, 1.82) is 0 Å². The van der Waals surface area contributed by atoms with E-state index in [0.717, 1.165) is 22.4 Å². The molecule has 2 aromatic carbocycles. The van der Waals surface area contributed by atoms with Crippen LogP contribution in [-0.4, -0.2) is 23.0 Å². The van der Waals surface area contributed by atoms with E-state index in [1.165, 1.54) is 0 Å². The van der Waals surface area contributed by atoms with Gasteiger partial charge in [0.15, 0.2) is 17.4 Å². The zero-order chi connectivity index (χ0) is 29.0. The Morgan fingerprint density at radius 2 is 1.65 bits per heavy atom. The average molecular weight is 539 g/mol. The average Bonchev–Trinajstić information content (AvgIpc) is 3.10. The lowest BCUT2D eigenvalue weighted by Gasteiger charge is -2.50. The lowest BCUT2D eigenvalue weighted by Crippen LogP contribution is -2.58. The van der Waals surface area contributed by atoms with Gasteiger partial charge in [-0.2, -0.15) is 0 Å². The number of hydrogen-bond donors (Lipinski definition) is 1. The van der Waals surface area contributed by atoms with Gasteiger partial charge in [0.2, 0.25) is 5.91 Å². The summed E-state index contributed by atoms with van der Waals surface area (Å²) in [4.78, 5) is 45.0. The SMILES string of the molecule is CCC(=O)C1=C(N)OC2=C(C(=O)CC(C)(C)C2)C12C(=O)N1c3c2cc(C)cc3C(C)(c2ccccc2)CC1(C)C. The summed E-state index contributed by atoms with van der Waals surface area (Å²) in [6.45, 7) is 14.2. The second-order valence-electron chi connectivity index (χ2n) is 13.6. The van der Waals surface area contributed by atoms with E-state index in [9.17, 15) is 9.59 Å². The maximum Gasteiger partial charge on any atom is 0.247 e. The maximum atomic E-state index is 15.2. The molecule has 3 heterocycles. The summed E-state index contributed by atoms with van der Waals surface area (Å²) in [6, 6.07) is 14.5. The summed E-state index contributed by atoms with van der Waals surface area (Å²) in [5.41, 5.74) is 8.57. The minimum absolute atomic E-state index is 0.0665. The minimum Gasteiger partial charge on any atom is -0.445 e. The number of Topliss-reactive ketones (excluding diaryl/α,β-unsaturated/α-hetero) is 2. The summed E-state index contributed by atoms with van der Waals surface area (Å²) < 4.78 is 6.11. The van der Waals surface area contributed by atoms with Crippen molar-refractivity contribution in [2.24, 2.45) is 11.1 Å². The standard InChI is InChI=1S/C34H38N2O4/c1-8-23(37)27-29(35)40-25-17-31(3,4)16-24(38)26(25)34(27)22-15-19(2)14-21-28(22)36(30(34)39)32(5,6)18-33(21,7)20-12-10-9-11-13-20/h9-15H,8,16-18,35H2,1-7H3. The molecule has 0 bridgehead atoms. The molecule has 0 fully saturated rings. The van der Waals surface area contributed by atoms with Crippen molar-refractivity contribution < 1.29 is 19.1 Å². The van der Waals surface area contributed by atoms with Gasteiger partial charge in [-0.1, -0.05) is 75.7 Å². The first-order valence-electron chi connectivity index (χ1n) is 14.2. The van der Waals surface area contributed by atoms with Crippen LogP contribution in [0.1, 0.15) is 89.5 Å². The molecule has 1 amide bonds. The van der Waals surface area contributed by atoms with E-state index >= 15 is 4.79 Å². The van der Waals surface area contributed by atoms with E-state index in [1.54, 1.807) is 6.92 Å². The fourth-order valence-electron chi connectivity index (χ4n) is 8.06. The van der Waals surface area contributed by atoms with Crippen LogP contribution in [0, 0.1) is 12.3 Å². The summed E-state index contributed by atoms with van der Waals surface area (Å²) in [5.74, 6) is -0.374. The van der Waals surface area contributed by atoms with Gasteiger partial charge in [-0.05, 0) is 43.7 Å². The highest BCUT2D eigenvalue weighted by Crippen LogP contribution is 2.64. The van der Waals surface area contributed by atoms with Gasteiger partial charge >= 0.3 is 0 Å². The van der Waals surface area contributed by atoms with Crippen molar-refractivity contribution in [2.75, 3.05) is 4.90 Å². The molecule has 2 unspecified atom stereocenters. The molecule has 0 radical (unpaired) electrons. The van der Waals surface area contributed by atoms with Crippen molar-refractivity contribution in [1.82, 2.24) is 0 Å². The fraction of sp³-hybridized carbons (Fsp3) is 0.441. The van der Waals surface area contributed by atoms with Crippen LogP contribution in [0.25, 0.3) is 0 Å². The smallest absolute Gasteiger partial charge is 0.247 e. The zero-order valence-electron chi connectivity index (χ0n) is 24.5. The third-order valence-corrected chi connectivity index (χ3v) is 9.47. The van der Waals surface area contributed by atoms with Gasteiger partial charge in [-0.15, -0.1) is 0 Å². The highest BCUT2D eigenvalue weighted by atomic mass is 16.5. The van der Waals surface area contributed by atoms with Gasteiger partial charge in [0.05, 0.1) is 16.8 Å². The van der Waals surface area contributed by atoms with Crippen LogP contribution in [0.5, 0.6) is 0 Å². The van der Waals surface area contributed by atoms with E-state index in [-0.39, 0.29) is 47.2 Å². The van der Waals surface area contributed by atoms with E-state index < -0.39 is 16.4 Å². The van der Waals surface area contributed by atoms with Crippen molar-refractivity contribution in [3.8, 4) is 0 Å². The number of carbonyl (C=O) groups is 3. The van der Waals surface area contributed by atoms with Gasteiger partial charge in [0.1, 0.15) is 11.2 Å². The van der Waals surface area contributed by atoms with Crippen molar-refractivity contribution in [3.63, 3.8) is 0 Å². The molecule has 2 aromatic rings. The first-order chi connectivity index (χ1) is 18.7. The maximum absolute atomic E-state index is 15.2. The molecule has 6 rings (SSSR count). The molecule has 1 aliphatic carbocycles.